The fraction of sp³-hybridized carbons (Fsp3) is 1.00. The fourth-order valence-electron chi connectivity index (χ4n) is 4.79. The lowest BCUT2D eigenvalue weighted by atomic mass is 10.0. The Morgan fingerprint density at radius 3 is 0.833 bits per heavy atom. The molecule has 0 atom stereocenters. The van der Waals surface area contributed by atoms with Crippen molar-refractivity contribution in [3.63, 3.8) is 0 Å². The van der Waals surface area contributed by atoms with Crippen LogP contribution in [-0.2, 0) is 0 Å². The minimum atomic E-state index is 0. The van der Waals surface area contributed by atoms with E-state index in [-0.39, 0.29) is 5.48 Å². The molecular weight excluding hydrogens is 366 g/mol. The number of hydrogen-bond acceptors (Lipinski definition) is 1. The summed E-state index contributed by atoms with van der Waals surface area (Å²) in [5.74, 6) is 0. The van der Waals surface area contributed by atoms with Crippen LogP contribution in [-0.4, -0.2) is 36.1 Å². The lowest BCUT2D eigenvalue weighted by Gasteiger charge is -2.39. The van der Waals surface area contributed by atoms with Crippen LogP contribution in [0.1, 0.15) is 156 Å². The van der Waals surface area contributed by atoms with E-state index in [1.54, 1.807) is 0 Å². The molecule has 0 aliphatic rings. The standard InChI is InChI=1S/C28H60N.H2O/c1-5-9-13-14-15-16-17-18-19-20-21-22-23-24-28-29(25-10-6-2,26-11-7-3)27-12-8-4;/h5-28H2,1-4H3;1H2/q+1;/p-1. The van der Waals surface area contributed by atoms with E-state index in [9.17, 15) is 0 Å². The number of hydrogen-bond donors (Lipinski definition) is 0. The first kappa shape index (κ1) is 32.1. The second-order valence-corrected chi connectivity index (χ2v) is 9.89. The van der Waals surface area contributed by atoms with Crippen molar-refractivity contribution in [2.24, 2.45) is 0 Å². The quantitative estimate of drug-likeness (QED) is 0.111. The molecule has 0 aromatic rings. The van der Waals surface area contributed by atoms with Gasteiger partial charge in [-0.25, -0.2) is 0 Å². The largest absolute Gasteiger partial charge is 0.870 e. The molecule has 0 aromatic carbocycles. The maximum Gasteiger partial charge on any atom is 0.0786 e. The topological polar surface area (TPSA) is 30.0 Å². The second-order valence-electron chi connectivity index (χ2n) is 9.89. The average molecular weight is 428 g/mol. The zero-order valence-corrected chi connectivity index (χ0v) is 21.9. The van der Waals surface area contributed by atoms with Crippen molar-refractivity contribution >= 4 is 0 Å². The molecule has 0 heterocycles. The van der Waals surface area contributed by atoms with Crippen molar-refractivity contribution in [1.82, 2.24) is 0 Å². The van der Waals surface area contributed by atoms with E-state index in [1.165, 1.54) is 159 Å². The highest BCUT2D eigenvalue weighted by Gasteiger charge is 2.24. The highest BCUT2D eigenvalue weighted by molar-refractivity contribution is 4.52. The smallest absolute Gasteiger partial charge is 0.0786 e. The van der Waals surface area contributed by atoms with Crippen LogP contribution in [0.15, 0.2) is 0 Å². The van der Waals surface area contributed by atoms with Gasteiger partial charge in [-0.1, -0.05) is 124 Å². The maximum atomic E-state index is 2.36. The van der Waals surface area contributed by atoms with Crippen molar-refractivity contribution in [2.45, 2.75) is 156 Å². The fourth-order valence-corrected chi connectivity index (χ4v) is 4.79. The molecule has 0 saturated heterocycles. The van der Waals surface area contributed by atoms with E-state index in [1.807, 2.05) is 0 Å². The Balaban J connectivity index is 0. The molecule has 2 nitrogen and oxygen atoms in total. The van der Waals surface area contributed by atoms with Crippen molar-refractivity contribution in [1.29, 1.82) is 0 Å². The predicted octanol–water partition coefficient (Wildman–Crippen LogP) is 9.51. The van der Waals surface area contributed by atoms with E-state index in [2.05, 4.69) is 27.7 Å². The van der Waals surface area contributed by atoms with Crippen LogP contribution < -0.4 is 0 Å². The van der Waals surface area contributed by atoms with Gasteiger partial charge in [-0.3, -0.25) is 0 Å². The number of nitrogens with zero attached hydrogens (tertiary/aromatic N) is 1. The summed E-state index contributed by atoms with van der Waals surface area (Å²) in [6.07, 6.45) is 28.9. The first-order chi connectivity index (χ1) is 14.2. The van der Waals surface area contributed by atoms with Gasteiger partial charge in [0.05, 0.1) is 26.2 Å². The van der Waals surface area contributed by atoms with Gasteiger partial charge in [-0.05, 0) is 32.1 Å². The van der Waals surface area contributed by atoms with Gasteiger partial charge in [0.15, 0.2) is 0 Å². The molecule has 184 valence electrons. The Kier molecular flexibility index (Phi) is 26.9. The summed E-state index contributed by atoms with van der Waals surface area (Å²) < 4.78 is 1.44. The zero-order chi connectivity index (χ0) is 21.5. The zero-order valence-electron chi connectivity index (χ0n) is 21.9. The molecule has 0 amide bonds. The highest BCUT2D eigenvalue weighted by atomic mass is 16.0. The molecule has 0 radical (unpaired) electrons. The number of unbranched alkanes of at least 4 members (excludes halogenated alkanes) is 16. The first-order valence-corrected chi connectivity index (χ1v) is 14.1. The van der Waals surface area contributed by atoms with Gasteiger partial charge in [0.25, 0.3) is 0 Å². The van der Waals surface area contributed by atoms with Crippen LogP contribution in [0.4, 0.5) is 0 Å². The number of quaternary nitrogens is 1. The maximum absolute atomic E-state index is 2.36. The second kappa shape index (κ2) is 25.2. The molecule has 0 aliphatic carbocycles. The summed E-state index contributed by atoms with van der Waals surface area (Å²) in [4.78, 5) is 0. The highest BCUT2D eigenvalue weighted by Crippen LogP contribution is 2.18. The molecule has 0 unspecified atom stereocenters. The molecule has 0 fully saturated rings. The van der Waals surface area contributed by atoms with Gasteiger partial charge in [0, 0.05) is 0 Å². The summed E-state index contributed by atoms with van der Waals surface area (Å²) >= 11 is 0. The van der Waals surface area contributed by atoms with Gasteiger partial charge in [-0.15, -0.1) is 0 Å². The van der Waals surface area contributed by atoms with Crippen molar-refractivity contribution in [3.05, 3.63) is 0 Å². The Morgan fingerprint density at radius 1 is 0.300 bits per heavy atom. The summed E-state index contributed by atoms with van der Waals surface area (Å²) in [5.41, 5.74) is 0. The van der Waals surface area contributed by atoms with E-state index in [0.29, 0.717) is 0 Å². The lowest BCUT2D eigenvalue weighted by molar-refractivity contribution is -0.929. The molecule has 30 heavy (non-hydrogen) atoms. The van der Waals surface area contributed by atoms with E-state index in [0.717, 1.165) is 0 Å². The first-order valence-electron chi connectivity index (χ1n) is 14.1. The van der Waals surface area contributed by atoms with Crippen LogP contribution in [0.3, 0.4) is 0 Å². The Bertz CT molecular complexity index is 283. The minimum absolute atomic E-state index is 0. The van der Waals surface area contributed by atoms with E-state index >= 15 is 0 Å². The van der Waals surface area contributed by atoms with Gasteiger partial charge < -0.3 is 9.96 Å². The third kappa shape index (κ3) is 19.9. The molecule has 2 heteroatoms. The molecule has 0 aromatic heterocycles. The Hall–Kier alpha value is -0.0800. The third-order valence-corrected chi connectivity index (χ3v) is 6.94. The molecule has 1 N–H and O–H groups in total. The third-order valence-electron chi connectivity index (χ3n) is 6.94. The summed E-state index contributed by atoms with van der Waals surface area (Å²) in [6, 6.07) is 0. The SMILES string of the molecule is CCCCCCCCCCCCCCCC[N+](CCCC)(CCCC)CCCC.[OH-]. The van der Waals surface area contributed by atoms with Crippen molar-refractivity contribution in [3.8, 4) is 0 Å². The van der Waals surface area contributed by atoms with Gasteiger partial charge >= 0.3 is 0 Å². The predicted molar refractivity (Wildman–Crippen MR) is 137 cm³/mol. The molecule has 0 bridgehead atoms. The normalized spacial score (nSPS) is 11.6. The molecule has 0 spiro atoms. The van der Waals surface area contributed by atoms with Crippen LogP contribution >= 0.6 is 0 Å². The van der Waals surface area contributed by atoms with Crippen molar-refractivity contribution in [2.75, 3.05) is 26.2 Å². The van der Waals surface area contributed by atoms with Crippen LogP contribution in [0, 0.1) is 0 Å². The lowest BCUT2D eigenvalue weighted by Crippen LogP contribution is -2.50. The Morgan fingerprint density at radius 2 is 0.533 bits per heavy atom. The van der Waals surface area contributed by atoms with Gasteiger partial charge in [0.2, 0.25) is 0 Å². The van der Waals surface area contributed by atoms with Crippen LogP contribution in [0.25, 0.3) is 0 Å². The van der Waals surface area contributed by atoms with Gasteiger partial charge in [0.1, 0.15) is 0 Å². The van der Waals surface area contributed by atoms with Gasteiger partial charge in [-0.2, -0.15) is 0 Å². The Labute approximate surface area is 192 Å². The molecule has 0 aliphatic heterocycles. The summed E-state index contributed by atoms with van der Waals surface area (Å²) in [7, 11) is 0. The average Bonchev–Trinajstić information content (AvgIpc) is 2.74. The molecular formula is C28H61NO. The summed E-state index contributed by atoms with van der Waals surface area (Å²) in [6.45, 7) is 15.2. The van der Waals surface area contributed by atoms with E-state index in [4.69, 9.17) is 0 Å². The molecule has 0 rings (SSSR count). The minimum Gasteiger partial charge on any atom is -0.870 e. The van der Waals surface area contributed by atoms with Crippen molar-refractivity contribution < 1.29 is 9.96 Å². The van der Waals surface area contributed by atoms with Crippen LogP contribution in [0.5, 0.6) is 0 Å². The molecule has 0 saturated carbocycles. The van der Waals surface area contributed by atoms with Crippen LogP contribution in [0.2, 0.25) is 0 Å². The summed E-state index contributed by atoms with van der Waals surface area (Å²) in [5, 5.41) is 0. The number of rotatable bonds is 24. The monoisotopic (exact) mass is 427 g/mol. The van der Waals surface area contributed by atoms with E-state index < -0.39 is 0 Å².